The summed E-state index contributed by atoms with van der Waals surface area (Å²) >= 11 is 2.83. The van der Waals surface area contributed by atoms with E-state index in [4.69, 9.17) is 0 Å². The minimum Gasteiger partial charge on any atom is -0.480 e. The molecule has 0 aromatic rings. The predicted molar refractivity (Wildman–Crippen MR) is 68.9 cm³/mol. The van der Waals surface area contributed by atoms with Crippen molar-refractivity contribution in [3.05, 3.63) is 0 Å². The van der Waals surface area contributed by atoms with Gasteiger partial charge in [0.25, 0.3) is 0 Å². The lowest BCUT2D eigenvalue weighted by atomic mass is 9.90. The summed E-state index contributed by atoms with van der Waals surface area (Å²) in [5.74, 6) is -0.0737. The topological polar surface area (TPSA) is 37.3 Å². The molecule has 2 atom stereocenters. The third-order valence-electron chi connectivity index (χ3n) is 2.76. The Hall–Kier alpha value is 0.1000. The molecule has 2 nitrogen and oxygen atoms in total. The third-order valence-corrected chi connectivity index (χ3v) is 6.68. The van der Waals surface area contributed by atoms with Gasteiger partial charge in [0.2, 0.25) is 0 Å². The molecule has 1 N–H and O–H groups in total. The second-order valence-electron chi connectivity index (χ2n) is 5.11. The molecule has 0 amide bonds. The van der Waals surface area contributed by atoms with E-state index in [1.54, 1.807) is 0 Å². The van der Waals surface area contributed by atoms with Crippen LogP contribution in [0, 0.1) is 5.41 Å². The van der Waals surface area contributed by atoms with E-state index in [1.165, 1.54) is 23.5 Å². The summed E-state index contributed by atoms with van der Waals surface area (Å²) in [4.78, 5) is 11.3. The van der Waals surface area contributed by atoms with Crippen molar-refractivity contribution in [2.24, 2.45) is 5.41 Å². The van der Waals surface area contributed by atoms with Crippen LogP contribution in [0.25, 0.3) is 0 Å². The number of alkyl halides is 1. The monoisotopic (exact) mass is 266 g/mol. The molecule has 0 spiro atoms. The van der Waals surface area contributed by atoms with Gasteiger partial charge >= 0.3 is 5.97 Å². The van der Waals surface area contributed by atoms with Crippen LogP contribution in [0.4, 0.5) is 4.39 Å². The number of halogens is 1. The van der Waals surface area contributed by atoms with Crippen LogP contribution in [-0.2, 0) is 4.79 Å². The van der Waals surface area contributed by atoms with E-state index in [0.29, 0.717) is 0 Å². The van der Waals surface area contributed by atoms with E-state index >= 15 is 0 Å². The van der Waals surface area contributed by atoms with E-state index in [2.05, 4.69) is 20.8 Å². The van der Waals surface area contributed by atoms with Crippen molar-refractivity contribution in [3.8, 4) is 0 Å². The van der Waals surface area contributed by atoms with Crippen LogP contribution >= 0.6 is 23.5 Å². The summed E-state index contributed by atoms with van der Waals surface area (Å²) in [6.07, 6.45) is 1.10. The Morgan fingerprint density at radius 3 is 2.62 bits per heavy atom. The van der Waals surface area contributed by atoms with Crippen LogP contribution < -0.4 is 0 Å². The summed E-state index contributed by atoms with van der Waals surface area (Å²) in [6, 6.07) is 0. The van der Waals surface area contributed by atoms with Crippen molar-refractivity contribution in [1.29, 1.82) is 0 Å². The van der Waals surface area contributed by atoms with Gasteiger partial charge in [0, 0.05) is 11.7 Å². The molecule has 0 radical (unpaired) electrons. The third kappa shape index (κ3) is 3.06. The molecule has 0 aromatic carbocycles. The minimum atomic E-state index is -0.967. The number of carbonyl (C=O) groups is 1. The molecule has 1 aliphatic rings. The second kappa shape index (κ2) is 5.17. The second-order valence-corrected chi connectivity index (χ2v) is 8.26. The number of rotatable bonds is 3. The Morgan fingerprint density at radius 1 is 1.56 bits per heavy atom. The first-order chi connectivity index (χ1) is 7.32. The standard InChI is InChI=1S/C11H19FO2S2/c1-10(2,3)8-4-7-15-11(16-8,5-6-12)9(13)14/h8H,4-7H2,1-3H3,(H,13,14). The van der Waals surface area contributed by atoms with E-state index in [1.807, 2.05) is 0 Å². The summed E-state index contributed by atoms with van der Waals surface area (Å²) in [5, 5.41) is 9.58. The van der Waals surface area contributed by atoms with Crippen LogP contribution in [0.15, 0.2) is 0 Å². The Morgan fingerprint density at radius 2 is 2.19 bits per heavy atom. The van der Waals surface area contributed by atoms with Gasteiger partial charge in [-0.1, -0.05) is 20.8 Å². The molecular formula is C11H19FO2S2. The summed E-state index contributed by atoms with van der Waals surface area (Å²) in [7, 11) is 0. The number of carboxylic acids is 1. The Kier molecular flexibility index (Phi) is 4.57. The summed E-state index contributed by atoms with van der Waals surface area (Å²) < 4.78 is 11.5. The average Bonchev–Trinajstić information content (AvgIpc) is 2.17. The van der Waals surface area contributed by atoms with Gasteiger partial charge in [-0.3, -0.25) is 4.39 Å². The lowest BCUT2D eigenvalue weighted by Gasteiger charge is -2.41. The van der Waals surface area contributed by atoms with Gasteiger partial charge in [-0.25, -0.2) is 4.79 Å². The molecule has 16 heavy (non-hydrogen) atoms. The van der Waals surface area contributed by atoms with Crippen molar-refractivity contribution >= 4 is 29.5 Å². The van der Waals surface area contributed by atoms with Crippen molar-refractivity contribution in [3.63, 3.8) is 0 Å². The summed E-state index contributed by atoms with van der Waals surface area (Å²) in [5.41, 5.74) is 0.0721. The highest BCUT2D eigenvalue weighted by Gasteiger charge is 2.46. The molecule has 1 rings (SSSR count). The molecule has 94 valence electrons. The normalized spacial score (nSPS) is 31.4. The number of aliphatic carboxylic acids is 1. The largest absolute Gasteiger partial charge is 0.480 e. The molecule has 1 fully saturated rings. The first-order valence-electron chi connectivity index (χ1n) is 5.43. The summed E-state index contributed by atoms with van der Waals surface area (Å²) in [6.45, 7) is 5.78. The van der Waals surface area contributed by atoms with E-state index in [-0.39, 0.29) is 17.1 Å². The molecule has 5 heteroatoms. The molecule has 1 saturated heterocycles. The fraction of sp³-hybridized carbons (Fsp3) is 0.909. The number of hydrogen-bond acceptors (Lipinski definition) is 3. The molecule has 0 aromatic heterocycles. The van der Waals surface area contributed by atoms with Crippen molar-refractivity contribution in [2.75, 3.05) is 12.4 Å². The Bertz CT molecular complexity index is 261. The highest BCUT2D eigenvalue weighted by Crippen LogP contribution is 2.52. The van der Waals surface area contributed by atoms with Crippen LogP contribution in [0.5, 0.6) is 0 Å². The van der Waals surface area contributed by atoms with Crippen LogP contribution in [0.1, 0.15) is 33.6 Å². The first kappa shape index (κ1) is 14.2. The van der Waals surface area contributed by atoms with Crippen molar-refractivity contribution in [2.45, 2.75) is 42.9 Å². The number of thioether (sulfide) groups is 2. The number of carboxylic acid groups (broad SMARTS) is 1. The zero-order valence-electron chi connectivity index (χ0n) is 9.96. The molecular weight excluding hydrogens is 247 g/mol. The maximum absolute atomic E-state index is 12.5. The van der Waals surface area contributed by atoms with E-state index in [0.717, 1.165) is 12.2 Å². The van der Waals surface area contributed by atoms with Gasteiger partial charge in [0.15, 0.2) is 4.08 Å². The lowest BCUT2D eigenvalue weighted by Crippen LogP contribution is -2.41. The van der Waals surface area contributed by atoms with Gasteiger partial charge in [-0.15, -0.1) is 23.5 Å². The molecule has 0 bridgehead atoms. The first-order valence-corrected chi connectivity index (χ1v) is 7.29. The predicted octanol–water partition coefficient (Wildman–Crippen LogP) is 3.41. The minimum absolute atomic E-state index is 0.0721. The lowest BCUT2D eigenvalue weighted by molar-refractivity contribution is -0.137. The van der Waals surface area contributed by atoms with Gasteiger partial charge < -0.3 is 5.11 Å². The van der Waals surface area contributed by atoms with E-state index in [9.17, 15) is 14.3 Å². The molecule has 1 aliphatic heterocycles. The van der Waals surface area contributed by atoms with Gasteiger partial charge in [-0.2, -0.15) is 0 Å². The van der Waals surface area contributed by atoms with Crippen molar-refractivity contribution in [1.82, 2.24) is 0 Å². The smallest absolute Gasteiger partial charge is 0.330 e. The zero-order chi connectivity index (χ0) is 12.4. The zero-order valence-corrected chi connectivity index (χ0v) is 11.6. The van der Waals surface area contributed by atoms with Crippen molar-refractivity contribution < 1.29 is 14.3 Å². The fourth-order valence-electron chi connectivity index (χ4n) is 1.74. The quantitative estimate of drug-likeness (QED) is 0.849. The highest BCUT2D eigenvalue weighted by atomic mass is 32.2. The Labute approximate surface area is 105 Å². The maximum Gasteiger partial charge on any atom is 0.330 e. The fourth-order valence-corrected chi connectivity index (χ4v) is 5.13. The van der Waals surface area contributed by atoms with Gasteiger partial charge in [0.05, 0.1) is 6.67 Å². The van der Waals surface area contributed by atoms with Crippen LogP contribution in [-0.4, -0.2) is 32.8 Å². The van der Waals surface area contributed by atoms with Crippen LogP contribution in [0.3, 0.4) is 0 Å². The van der Waals surface area contributed by atoms with Gasteiger partial charge in [-0.05, 0) is 17.6 Å². The molecule has 0 aliphatic carbocycles. The average molecular weight is 266 g/mol. The highest BCUT2D eigenvalue weighted by molar-refractivity contribution is 8.20. The van der Waals surface area contributed by atoms with E-state index < -0.39 is 16.7 Å². The maximum atomic E-state index is 12.5. The number of hydrogen-bond donors (Lipinski definition) is 1. The Balaban J connectivity index is 2.83. The molecule has 2 unspecified atom stereocenters. The SMILES string of the molecule is CC(C)(C)C1CCSC(CCF)(C(=O)O)S1. The van der Waals surface area contributed by atoms with Crippen LogP contribution in [0.2, 0.25) is 0 Å². The molecule has 1 heterocycles. The molecule has 0 saturated carbocycles. The van der Waals surface area contributed by atoms with Gasteiger partial charge in [0.1, 0.15) is 0 Å².